The van der Waals surface area contributed by atoms with Crippen molar-refractivity contribution in [3.63, 3.8) is 0 Å². The van der Waals surface area contributed by atoms with Gasteiger partial charge in [-0.15, -0.1) is 0 Å². The minimum atomic E-state index is -0.309. The first-order chi connectivity index (χ1) is 8.11. The molecule has 0 fully saturated rings. The number of halogens is 2. The van der Waals surface area contributed by atoms with Crippen molar-refractivity contribution in [2.24, 2.45) is 0 Å². The summed E-state index contributed by atoms with van der Waals surface area (Å²) in [5.74, 6) is -0.309. The maximum Gasteiger partial charge on any atom is 0.131 e. The maximum atomic E-state index is 13.8. The highest BCUT2D eigenvalue weighted by molar-refractivity contribution is 6.33. The minimum absolute atomic E-state index is 0.309. The van der Waals surface area contributed by atoms with Gasteiger partial charge in [-0.3, -0.25) is 0 Å². The van der Waals surface area contributed by atoms with Crippen LogP contribution < -0.4 is 0 Å². The fourth-order valence-electron chi connectivity index (χ4n) is 1.64. The summed E-state index contributed by atoms with van der Waals surface area (Å²) in [6.07, 6.45) is 0. The summed E-state index contributed by atoms with van der Waals surface area (Å²) >= 11 is 6.04. The van der Waals surface area contributed by atoms with Gasteiger partial charge in [0.1, 0.15) is 5.82 Å². The number of benzene rings is 2. The van der Waals surface area contributed by atoms with Crippen molar-refractivity contribution < 1.29 is 4.39 Å². The van der Waals surface area contributed by atoms with Gasteiger partial charge in [0.05, 0.1) is 11.6 Å². The Balaban J connectivity index is 2.58. The Morgan fingerprint density at radius 1 is 1.12 bits per heavy atom. The standard InChI is InChI=1S/C14H9ClFN/c1-9-2-4-12(14(16)6-9)11-5-3-10(8-17)7-13(11)15/h2-7H,1H3. The molecule has 0 radical (unpaired) electrons. The summed E-state index contributed by atoms with van der Waals surface area (Å²) in [7, 11) is 0. The highest BCUT2D eigenvalue weighted by Crippen LogP contribution is 2.30. The van der Waals surface area contributed by atoms with Crippen molar-refractivity contribution in [1.82, 2.24) is 0 Å². The molecule has 0 N–H and O–H groups in total. The first kappa shape index (κ1) is 11.6. The van der Waals surface area contributed by atoms with Crippen LogP contribution in [0.25, 0.3) is 11.1 Å². The van der Waals surface area contributed by atoms with Gasteiger partial charge in [-0.2, -0.15) is 5.26 Å². The molecule has 84 valence electrons. The molecule has 0 saturated heterocycles. The number of nitrogens with zero attached hydrogens (tertiary/aromatic N) is 1. The van der Waals surface area contributed by atoms with Crippen LogP contribution in [0.15, 0.2) is 36.4 Å². The van der Waals surface area contributed by atoms with Crippen LogP contribution in [0.3, 0.4) is 0 Å². The van der Waals surface area contributed by atoms with E-state index in [1.807, 2.05) is 19.1 Å². The summed E-state index contributed by atoms with van der Waals surface area (Å²) in [4.78, 5) is 0. The molecular weight excluding hydrogens is 237 g/mol. The Bertz CT molecular complexity index is 614. The second kappa shape index (κ2) is 4.57. The summed E-state index contributed by atoms with van der Waals surface area (Å²) in [5, 5.41) is 9.11. The van der Waals surface area contributed by atoms with Crippen molar-refractivity contribution in [3.8, 4) is 17.2 Å². The molecule has 2 rings (SSSR count). The lowest BCUT2D eigenvalue weighted by molar-refractivity contribution is 0.630. The molecule has 0 atom stereocenters. The second-order valence-corrected chi connectivity index (χ2v) is 4.20. The molecule has 0 aliphatic rings. The van der Waals surface area contributed by atoms with Gasteiger partial charge in [0.25, 0.3) is 0 Å². The average Bonchev–Trinajstić information content (AvgIpc) is 2.30. The molecular formula is C14H9ClFN. The fraction of sp³-hybridized carbons (Fsp3) is 0.0714. The van der Waals surface area contributed by atoms with Crippen LogP contribution in [0.5, 0.6) is 0 Å². The molecule has 17 heavy (non-hydrogen) atoms. The number of aryl methyl sites for hydroxylation is 1. The summed E-state index contributed by atoms with van der Waals surface area (Å²) < 4.78 is 13.8. The van der Waals surface area contributed by atoms with Crippen molar-refractivity contribution in [3.05, 3.63) is 58.4 Å². The molecule has 2 aromatic rings. The number of hydrogen-bond donors (Lipinski definition) is 0. The largest absolute Gasteiger partial charge is 0.206 e. The van der Waals surface area contributed by atoms with Crippen LogP contribution in [-0.4, -0.2) is 0 Å². The molecule has 0 unspecified atom stereocenters. The van der Waals surface area contributed by atoms with Gasteiger partial charge in [-0.05, 0) is 30.7 Å². The molecule has 0 aliphatic carbocycles. The highest BCUT2D eigenvalue weighted by Gasteiger charge is 2.09. The predicted molar refractivity (Wildman–Crippen MR) is 66.3 cm³/mol. The Labute approximate surface area is 104 Å². The molecule has 0 bridgehead atoms. The molecule has 1 nitrogen and oxygen atoms in total. The van der Waals surface area contributed by atoms with Crippen molar-refractivity contribution in [2.45, 2.75) is 6.92 Å². The van der Waals surface area contributed by atoms with Gasteiger partial charge in [0, 0.05) is 16.1 Å². The molecule has 0 amide bonds. The van der Waals surface area contributed by atoms with E-state index in [0.29, 0.717) is 21.7 Å². The van der Waals surface area contributed by atoms with Crippen LogP contribution in [-0.2, 0) is 0 Å². The Hall–Kier alpha value is -1.85. The van der Waals surface area contributed by atoms with Crippen molar-refractivity contribution >= 4 is 11.6 Å². The second-order valence-electron chi connectivity index (χ2n) is 3.79. The highest BCUT2D eigenvalue weighted by atomic mass is 35.5. The zero-order valence-electron chi connectivity index (χ0n) is 9.17. The Morgan fingerprint density at radius 2 is 1.82 bits per heavy atom. The third-order valence-corrected chi connectivity index (χ3v) is 2.83. The zero-order chi connectivity index (χ0) is 12.4. The smallest absolute Gasteiger partial charge is 0.131 e. The number of nitriles is 1. The van der Waals surface area contributed by atoms with Crippen LogP contribution >= 0.6 is 11.6 Å². The topological polar surface area (TPSA) is 23.8 Å². The Kier molecular flexibility index (Phi) is 3.12. The lowest BCUT2D eigenvalue weighted by Gasteiger charge is -2.07. The van der Waals surface area contributed by atoms with Crippen LogP contribution in [0, 0.1) is 24.1 Å². The van der Waals surface area contributed by atoms with Gasteiger partial charge < -0.3 is 0 Å². The van der Waals surface area contributed by atoms with E-state index in [2.05, 4.69) is 0 Å². The maximum absolute atomic E-state index is 13.8. The quantitative estimate of drug-likeness (QED) is 0.734. The van der Waals surface area contributed by atoms with E-state index in [0.717, 1.165) is 5.56 Å². The molecule has 0 saturated carbocycles. The van der Waals surface area contributed by atoms with E-state index in [4.69, 9.17) is 16.9 Å². The number of rotatable bonds is 1. The Morgan fingerprint density at radius 3 is 2.41 bits per heavy atom. The molecule has 0 aromatic heterocycles. The molecule has 0 spiro atoms. The first-order valence-corrected chi connectivity index (χ1v) is 5.46. The SMILES string of the molecule is Cc1ccc(-c2ccc(C#N)cc2Cl)c(F)c1. The van der Waals surface area contributed by atoms with Gasteiger partial charge >= 0.3 is 0 Å². The molecule has 0 heterocycles. The zero-order valence-corrected chi connectivity index (χ0v) is 9.92. The van der Waals surface area contributed by atoms with Crippen LogP contribution in [0.4, 0.5) is 4.39 Å². The first-order valence-electron chi connectivity index (χ1n) is 5.08. The normalized spacial score (nSPS) is 10.0. The summed E-state index contributed by atoms with van der Waals surface area (Å²) in [6.45, 7) is 1.83. The van der Waals surface area contributed by atoms with Gasteiger partial charge in [-0.1, -0.05) is 29.8 Å². The fourth-order valence-corrected chi connectivity index (χ4v) is 1.92. The molecule has 3 heteroatoms. The predicted octanol–water partition coefficient (Wildman–Crippen LogP) is 4.33. The van der Waals surface area contributed by atoms with E-state index in [-0.39, 0.29) is 5.82 Å². The van der Waals surface area contributed by atoms with E-state index in [9.17, 15) is 4.39 Å². The van der Waals surface area contributed by atoms with E-state index in [1.165, 1.54) is 12.1 Å². The average molecular weight is 246 g/mol. The van der Waals surface area contributed by atoms with Gasteiger partial charge in [0.2, 0.25) is 0 Å². The van der Waals surface area contributed by atoms with Gasteiger partial charge in [-0.25, -0.2) is 4.39 Å². The molecule has 2 aromatic carbocycles. The van der Waals surface area contributed by atoms with E-state index < -0.39 is 0 Å². The van der Waals surface area contributed by atoms with E-state index >= 15 is 0 Å². The van der Waals surface area contributed by atoms with Crippen molar-refractivity contribution in [2.75, 3.05) is 0 Å². The van der Waals surface area contributed by atoms with Gasteiger partial charge in [0.15, 0.2) is 0 Å². The van der Waals surface area contributed by atoms with Crippen LogP contribution in [0.2, 0.25) is 5.02 Å². The lowest BCUT2D eigenvalue weighted by atomic mass is 10.0. The third kappa shape index (κ3) is 2.30. The summed E-state index contributed by atoms with van der Waals surface area (Å²) in [6, 6.07) is 11.8. The minimum Gasteiger partial charge on any atom is -0.206 e. The number of hydrogen-bond acceptors (Lipinski definition) is 1. The van der Waals surface area contributed by atoms with E-state index in [1.54, 1.807) is 18.2 Å². The third-order valence-electron chi connectivity index (χ3n) is 2.51. The lowest BCUT2D eigenvalue weighted by Crippen LogP contribution is -1.87. The molecule has 0 aliphatic heterocycles. The monoisotopic (exact) mass is 245 g/mol. The van der Waals surface area contributed by atoms with Crippen LogP contribution in [0.1, 0.15) is 11.1 Å². The summed E-state index contributed by atoms with van der Waals surface area (Å²) in [5.41, 5.74) is 2.37. The van der Waals surface area contributed by atoms with Crippen molar-refractivity contribution in [1.29, 1.82) is 5.26 Å².